The fraction of sp³-hybridized carbons (Fsp3) is 0.450. The topological polar surface area (TPSA) is 67.8 Å². The summed E-state index contributed by atoms with van der Waals surface area (Å²) in [6.45, 7) is 2.86. The summed E-state index contributed by atoms with van der Waals surface area (Å²) in [4.78, 5) is 25.9. The van der Waals surface area contributed by atoms with Gasteiger partial charge >= 0.3 is 0 Å². The second-order valence-corrected chi connectivity index (χ2v) is 6.96. The highest BCUT2D eigenvalue weighted by Crippen LogP contribution is 2.28. The smallest absolute Gasteiger partial charge is 0.231 e. The van der Waals surface area contributed by atoms with Gasteiger partial charge in [-0.25, -0.2) is 0 Å². The number of benzene rings is 1. The van der Waals surface area contributed by atoms with E-state index in [1.807, 2.05) is 15.9 Å². The zero-order valence-corrected chi connectivity index (χ0v) is 15.7. The van der Waals surface area contributed by atoms with Crippen molar-refractivity contribution in [3.8, 4) is 11.8 Å². The summed E-state index contributed by atoms with van der Waals surface area (Å²) in [7, 11) is 3.13. The fourth-order valence-corrected chi connectivity index (χ4v) is 3.83. The Hall–Kier alpha value is -2.83. The van der Waals surface area contributed by atoms with Crippen LogP contribution in [0.5, 0.6) is 11.8 Å². The lowest BCUT2D eigenvalue weighted by atomic mass is 9.98. The normalized spacial score (nSPS) is 19.0. The van der Waals surface area contributed by atoms with E-state index in [0.717, 1.165) is 25.9 Å². The van der Waals surface area contributed by atoms with Crippen molar-refractivity contribution in [3.05, 3.63) is 41.5 Å². The van der Waals surface area contributed by atoms with Gasteiger partial charge in [-0.05, 0) is 24.0 Å². The number of ether oxygens (including phenoxy) is 2. The molecule has 1 aromatic carbocycles. The molecule has 0 saturated carbocycles. The van der Waals surface area contributed by atoms with Crippen LogP contribution in [0.1, 0.15) is 17.5 Å². The molecule has 0 aliphatic carbocycles. The van der Waals surface area contributed by atoms with Crippen molar-refractivity contribution in [2.75, 3.05) is 38.8 Å². The first kappa shape index (κ1) is 17.6. The summed E-state index contributed by atoms with van der Waals surface area (Å²) in [6.07, 6.45) is 1.73. The molecule has 0 radical (unpaired) electrons. The Morgan fingerprint density at radius 2 is 1.78 bits per heavy atom. The molecule has 1 amide bonds. The van der Waals surface area contributed by atoms with Crippen LogP contribution in [0.2, 0.25) is 0 Å². The first-order valence-electron chi connectivity index (χ1n) is 9.25. The van der Waals surface area contributed by atoms with Crippen LogP contribution in [0.25, 0.3) is 0 Å². The average Bonchev–Trinajstić information content (AvgIpc) is 3.22. The molecule has 4 rings (SSSR count). The van der Waals surface area contributed by atoms with Crippen LogP contribution < -0.4 is 14.4 Å². The Kier molecular flexibility index (Phi) is 4.83. The van der Waals surface area contributed by atoms with E-state index in [-0.39, 0.29) is 11.8 Å². The van der Waals surface area contributed by atoms with E-state index < -0.39 is 0 Å². The Labute approximate surface area is 158 Å². The summed E-state index contributed by atoms with van der Waals surface area (Å²) in [5.41, 5.74) is 2.61. The highest BCUT2D eigenvalue weighted by Gasteiger charge is 2.34. The van der Waals surface area contributed by atoms with Gasteiger partial charge in [0.2, 0.25) is 23.6 Å². The molecular formula is C20H24N4O3. The monoisotopic (exact) mass is 368 g/mol. The van der Waals surface area contributed by atoms with Crippen LogP contribution >= 0.6 is 0 Å². The second kappa shape index (κ2) is 7.42. The molecule has 3 heterocycles. The molecule has 0 bridgehead atoms. The molecule has 1 unspecified atom stereocenters. The summed E-state index contributed by atoms with van der Waals surface area (Å²) >= 11 is 0. The standard InChI is InChI=1S/C20H24N4O3/c1-26-17-11-18(27-2)22-20(21-17)24-10-8-16(13-24)19(25)23-9-7-14-5-3-4-6-15(14)12-23/h3-6,11,16H,7-10,12-13H2,1-2H3. The van der Waals surface area contributed by atoms with Crippen molar-refractivity contribution < 1.29 is 14.3 Å². The second-order valence-electron chi connectivity index (χ2n) is 6.96. The molecule has 1 atom stereocenters. The van der Waals surface area contributed by atoms with Crippen LogP contribution in [0, 0.1) is 5.92 Å². The van der Waals surface area contributed by atoms with E-state index in [0.29, 0.717) is 30.8 Å². The van der Waals surface area contributed by atoms with E-state index in [2.05, 4.69) is 28.2 Å². The van der Waals surface area contributed by atoms with Gasteiger partial charge in [0.1, 0.15) is 0 Å². The fourth-order valence-electron chi connectivity index (χ4n) is 3.83. The van der Waals surface area contributed by atoms with Gasteiger partial charge < -0.3 is 19.3 Å². The molecule has 1 saturated heterocycles. The summed E-state index contributed by atoms with van der Waals surface area (Å²) in [5, 5.41) is 0. The van der Waals surface area contributed by atoms with Crippen molar-refractivity contribution in [2.24, 2.45) is 5.92 Å². The molecule has 2 aliphatic rings. The van der Waals surface area contributed by atoms with Crippen LogP contribution in [0.4, 0.5) is 5.95 Å². The first-order valence-corrected chi connectivity index (χ1v) is 9.25. The number of rotatable bonds is 4. The van der Waals surface area contributed by atoms with Crippen molar-refractivity contribution in [3.63, 3.8) is 0 Å². The number of hydrogen-bond donors (Lipinski definition) is 0. The number of nitrogens with zero attached hydrogens (tertiary/aromatic N) is 4. The zero-order valence-electron chi connectivity index (χ0n) is 15.7. The molecule has 2 aromatic rings. The number of amides is 1. The molecule has 0 spiro atoms. The number of carbonyl (C=O) groups excluding carboxylic acids is 1. The van der Waals surface area contributed by atoms with Gasteiger partial charge in [-0.2, -0.15) is 9.97 Å². The van der Waals surface area contributed by atoms with E-state index >= 15 is 0 Å². The van der Waals surface area contributed by atoms with Crippen molar-refractivity contribution >= 4 is 11.9 Å². The Morgan fingerprint density at radius 3 is 2.48 bits per heavy atom. The molecule has 1 aromatic heterocycles. The predicted octanol–water partition coefficient (Wildman–Crippen LogP) is 1.90. The van der Waals surface area contributed by atoms with Crippen LogP contribution in [-0.4, -0.2) is 54.6 Å². The Morgan fingerprint density at radius 1 is 1.07 bits per heavy atom. The molecule has 7 heteroatoms. The Balaban J connectivity index is 1.45. The SMILES string of the molecule is COc1cc(OC)nc(N2CCC(C(=O)N3CCc4ccccc4C3)C2)n1. The summed E-state index contributed by atoms with van der Waals surface area (Å²) in [6, 6.07) is 10.0. The minimum absolute atomic E-state index is 0.0314. The van der Waals surface area contributed by atoms with Crippen LogP contribution in [-0.2, 0) is 17.8 Å². The summed E-state index contributed by atoms with van der Waals surface area (Å²) in [5.74, 6) is 1.65. The molecule has 0 N–H and O–H groups in total. The van der Waals surface area contributed by atoms with E-state index in [9.17, 15) is 4.79 Å². The third-order valence-corrected chi connectivity index (χ3v) is 5.35. The molecule has 142 valence electrons. The quantitative estimate of drug-likeness (QED) is 0.821. The third-order valence-electron chi connectivity index (χ3n) is 5.35. The highest BCUT2D eigenvalue weighted by molar-refractivity contribution is 5.80. The van der Waals surface area contributed by atoms with Gasteiger partial charge in [0.15, 0.2) is 0 Å². The van der Waals surface area contributed by atoms with Gasteiger partial charge in [-0.1, -0.05) is 24.3 Å². The molecule has 7 nitrogen and oxygen atoms in total. The van der Waals surface area contributed by atoms with Gasteiger partial charge in [0.05, 0.1) is 26.2 Å². The Bertz CT molecular complexity index is 819. The number of methoxy groups -OCH3 is 2. The molecule has 27 heavy (non-hydrogen) atoms. The highest BCUT2D eigenvalue weighted by atomic mass is 16.5. The average molecular weight is 368 g/mol. The number of fused-ring (bicyclic) bond motifs is 1. The number of aromatic nitrogens is 2. The molecule has 2 aliphatic heterocycles. The van der Waals surface area contributed by atoms with E-state index in [1.54, 1.807) is 20.3 Å². The zero-order chi connectivity index (χ0) is 18.8. The van der Waals surface area contributed by atoms with Crippen LogP contribution in [0.3, 0.4) is 0 Å². The maximum Gasteiger partial charge on any atom is 0.231 e. The number of hydrogen-bond acceptors (Lipinski definition) is 6. The van der Waals surface area contributed by atoms with Gasteiger partial charge in [-0.3, -0.25) is 4.79 Å². The lowest BCUT2D eigenvalue weighted by Gasteiger charge is -2.31. The lowest BCUT2D eigenvalue weighted by Crippen LogP contribution is -2.40. The van der Waals surface area contributed by atoms with Crippen LogP contribution in [0.15, 0.2) is 30.3 Å². The van der Waals surface area contributed by atoms with Crippen molar-refractivity contribution in [2.45, 2.75) is 19.4 Å². The predicted molar refractivity (Wildman–Crippen MR) is 101 cm³/mol. The van der Waals surface area contributed by atoms with Crippen molar-refractivity contribution in [1.82, 2.24) is 14.9 Å². The molecular weight excluding hydrogens is 344 g/mol. The van der Waals surface area contributed by atoms with Gasteiger partial charge in [0, 0.05) is 26.2 Å². The first-order chi connectivity index (χ1) is 13.2. The number of carbonyl (C=O) groups is 1. The van der Waals surface area contributed by atoms with Crippen molar-refractivity contribution in [1.29, 1.82) is 0 Å². The van der Waals surface area contributed by atoms with Gasteiger partial charge in [0.25, 0.3) is 0 Å². The van der Waals surface area contributed by atoms with E-state index in [4.69, 9.17) is 9.47 Å². The molecule has 1 fully saturated rings. The third kappa shape index (κ3) is 3.54. The largest absolute Gasteiger partial charge is 0.481 e. The maximum atomic E-state index is 13.0. The maximum absolute atomic E-state index is 13.0. The van der Waals surface area contributed by atoms with Gasteiger partial charge in [-0.15, -0.1) is 0 Å². The lowest BCUT2D eigenvalue weighted by molar-refractivity contribution is -0.135. The number of anilines is 1. The minimum atomic E-state index is -0.0314. The summed E-state index contributed by atoms with van der Waals surface area (Å²) < 4.78 is 10.5. The van der Waals surface area contributed by atoms with E-state index in [1.165, 1.54) is 11.1 Å². The minimum Gasteiger partial charge on any atom is -0.481 e.